The van der Waals surface area contributed by atoms with Crippen molar-refractivity contribution in [3.63, 3.8) is 0 Å². The standard InChI is InChI=1S/C18H16F3NO3/c19-18(20,21)14-4-2-1-3-12(14)5-8-17(23)22-13-6-7-15-16(11-13)25-10-9-24-15/h1-4,6-7,11H,5,8-10H2,(H,22,23). The number of fused-ring (bicyclic) bond motifs is 1. The Balaban J connectivity index is 1.62. The molecule has 132 valence electrons. The molecule has 0 saturated heterocycles. The van der Waals surface area contributed by atoms with Crippen LogP contribution in [-0.2, 0) is 17.4 Å². The normalized spacial score (nSPS) is 13.4. The van der Waals surface area contributed by atoms with E-state index in [1.165, 1.54) is 18.2 Å². The van der Waals surface area contributed by atoms with Gasteiger partial charge in [0, 0.05) is 18.2 Å². The summed E-state index contributed by atoms with van der Waals surface area (Å²) in [4.78, 5) is 12.1. The zero-order valence-corrected chi connectivity index (χ0v) is 13.2. The number of carbonyl (C=O) groups is 1. The van der Waals surface area contributed by atoms with Gasteiger partial charge >= 0.3 is 6.18 Å². The summed E-state index contributed by atoms with van der Waals surface area (Å²) >= 11 is 0. The molecule has 0 aliphatic carbocycles. The molecule has 0 saturated carbocycles. The fraction of sp³-hybridized carbons (Fsp3) is 0.278. The van der Waals surface area contributed by atoms with E-state index in [4.69, 9.17) is 9.47 Å². The smallest absolute Gasteiger partial charge is 0.416 e. The van der Waals surface area contributed by atoms with E-state index in [0.717, 1.165) is 6.07 Å². The van der Waals surface area contributed by atoms with Crippen molar-refractivity contribution in [1.82, 2.24) is 0 Å². The summed E-state index contributed by atoms with van der Waals surface area (Å²) in [5.74, 6) is 0.767. The maximum atomic E-state index is 13.0. The van der Waals surface area contributed by atoms with Crippen molar-refractivity contribution >= 4 is 11.6 Å². The third kappa shape index (κ3) is 4.23. The minimum absolute atomic E-state index is 0.00602. The molecule has 2 aromatic carbocycles. The number of nitrogens with one attached hydrogen (secondary N) is 1. The van der Waals surface area contributed by atoms with Crippen LogP contribution >= 0.6 is 0 Å². The van der Waals surface area contributed by atoms with Crippen molar-refractivity contribution in [2.45, 2.75) is 19.0 Å². The molecule has 2 aromatic rings. The lowest BCUT2D eigenvalue weighted by Crippen LogP contribution is -2.17. The van der Waals surface area contributed by atoms with E-state index < -0.39 is 11.7 Å². The highest BCUT2D eigenvalue weighted by Gasteiger charge is 2.32. The van der Waals surface area contributed by atoms with E-state index in [1.807, 2.05) is 0 Å². The SMILES string of the molecule is O=C(CCc1ccccc1C(F)(F)F)Nc1ccc2c(c1)OCCO2. The van der Waals surface area contributed by atoms with Gasteiger partial charge in [0.2, 0.25) is 5.91 Å². The van der Waals surface area contributed by atoms with Crippen molar-refractivity contribution in [3.8, 4) is 11.5 Å². The third-order valence-electron chi connectivity index (χ3n) is 3.77. The molecule has 3 rings (SSSR count). The predicted octanol–water partition coefficient (Wildman–Crippen LogP) is 4.05. The molecule has 1 N–H and O–H groups in total. The minimum Gasteiger partial charge on any atom is -0.486 e. The van der Waals surface area contributed by atoms with Gasteiger partial charge in [0.25, 0.3) is 0 Å². The fourth-order valence-electron chi connectivity index (χ4n) is 2.61. The van der Waals surface area contributed by atoms with Gasteiger partial charge in [-0.05, 0) is 30.2 Å². The fourth-order valence-corrected chi connectivity index (χ4v) is 2.61. The molecule has 1 aliphatic heterocycles. The molecule has 0 radical (unpaired) electrons. The second-order valence-corrected chi connectivity index (χ2v) is 5.56. The Morgan fingerprint density at radius 2 is 1.76 bits per heavy atom. The van der Waals surface area contributed by atoms with Gasteiger partial charge in [-0.2, -0.15) is 13.2 Å². The van der Waals surface area contributed by atoms with E-state index in [-0.39, 0.29) is 24.3 Å². The van der Waals surface area contributed by atoms with Crippen LogP contribution < -0.4 is 14.8 Å². The second-order valence-electron chi connectivity index (χ2n) is 5.56. The molecule has 0 atom stereocenters. The molecule has 25 heavy (non-hydrogen) atoms. The number of rotatable bonds is 4. The predicted molar refractivity (Wildman–Crippen MR) is 85.8 cm³/mol. The molecule has 0 unspecified atom stereocenters. The number of carbonyl (C=O) groups excluding carboxylic acids is 1. The monoisotopic (exact) mass is 351 g/mol. The van der Waals surface area contributed by atoms with Gasteiger partial charge in [-0.15, -0.1) is 0 Å². The van der Waals surface area contributed by atoms with Crippen molar-refractivity contribution in [3.05, 3.63) is 53.6 Å². The van der Waals surface area contributed by atoms with Crippen LogP contribution in [0.2, 0.25) is 0 Å². The Bertz CT molecular complexity index is 774. The van der Waals surface area contributed by atoms with Gasteiger partial charge in [0.15, 0.2) is 11.5 Å². The summed E-state index contributed by atoms with van der Waals surface area (Å²) in [7, 11) is 0. The average molecular weight is 351 g/mol. The molecule has 4 nitrogen and oxygen atoms in total. The molecule has 7 heteroatoms. The van der Waals surface area contributed by atoms with Crippen LogP contribution in [0.5, 0.6) is 11.5 Å². The van der Waals surface area contributed by atoms with Gasteiger partial charge in [-0.1, -0.05) is 18.2 Å². The summed E-state index contributed by atoms with van der Waals surface area (Å²) in [6.45, 7) is 0.899. The lowest BCUT2D eigenvalue weighted by atomic mass is 10.0. The van der Waals surface area contributed by atoms with Crippen molar-refractivity contribution < 1.29 is 27.4 Å². The van der Waals surface area contributed by atoms with Crippen LogP contribution in [0.3, 0.4) is 0 Å². The first kappa shape index (κ1) is 17.1. The second kappa shape index (κ2) is 7.04. The quantitative estimate of drug-likeness (QED) is 0.904. The van der Waals surface area contributed by atoms with Crippen LogP contribution in [0.4, 0.5) is 18.9 Å². The summed E-state index contributed by atoms with van der Waals surface area (Å²) in [5, 5.41) is 2.66. The van der Waals surface area contributed by atoms with E-state index in [9.17, 15) is 18.0 Å². The number of ether oxygens (including phenoxy) is 2. The number of halogens is 3. The Labute approximate surface area is 142 Å². The molecule has 0 spiro atoms. The van der Waals surface area contributed by atoms with Gasteiger partial charge in [-0.25, -0.2) is 0 Å². The largest absolute Gasteiger partial charge is 0.486 e. The van der Waals surface area contributed by atoms with E-state index in [1.54, 1.807) is 18.2 Å². The highest BCUT2D eigenvalue weighted by atomic mass is 19.4. The summed E-state index contributed by atoms with van der Waals surface area (Å²) in [6.07, 6.45) is -4.48. The number of amides is 1. The molecule has 0 fully saturated rings. The topological polar surface area (TPSA) is 47.6 Å². The number of alkyl halides is 3. The summed E-state index contributed by atoms with van der Waals surface area (Å²) < 4.78 is 49.7. The number of anilines is 1. The van der Waals surface area contributed by atoms with Gasteiger partial charge in [0.1, 0.15) is 13.2 Å². The molecule has 0 bridgehead atoms. The van der Waals surface area contributed by atoms with Crippen LogP contribution in [0, 0.1) is 0 Å². The van der Waals surface area contributed by atoms with E-state index >= 15 is 0 Å². The van der Waals surface area contributed by atoms with Crippen molar-refractivity contribution in [2.75, 3.05) is 18.5 Å². The van der Waals surface area contributed by atoms with Gasteiger partial charge < -0.3 is 14.8 Å². The third-order valence-corrected chi connectivity index (χ3v) is 3.77. The molecular weight excluding hydrogens is 335 g/mol. The molecule has 1 heterocycles. The van der Waals surface area contributed by atoms with Crippen LogP contribution in [0.1, 0.15) is 17.5 Å². The van der Waals surface area contributed by atoms with E-state index in [2.05, 4.69) is 5.32 Å². The molecular formula is C18H16F3NO3. The highest BCUT2D eigenvalue weighted by Crippen LogP contribution is 2.33. The average Bonchev–Trinajstić information content (AvgIpc) is 2.59. The minimum atomic E-state index is -4.43. The maximum Gasteiger partial charge on any atom is 0.416 e. The van der Waals surface area contributed by atoms with Gasteiger partial charge in [0.05, 0.1) is 5.56 Å². The number of benzene rings is 2. The number of hydrogen-bond acceptors (Lipinski definition) is 3. The number of hydrogen-bond donors (Lipinski definition) is 1. The first-order valence-electron chi connectivity index (χ1n) is 7.78. The lowest BCUT2D eigenvalue weighted by Gasteiger charge is -2.19. The highest BCUT2D eigenvalue weighted by molar-refractivity contribution is 5.91. The Morgan fingerprint density at radius 1 is 1.04 bits per heavy atom. The van der Waals surface area contributed by atoms with Crippen LogP contribution in [-0.4, -0.2) is 19.1 Å². The molecule has 1 amide bonds. The van der Waals surface area contributed by atoms with E-state index in [0.29, 0.717) is 30.4 Å². The lowest BCUT2D eigenvalue weighted by molar-refractivity contribution is -0.138. The van der Waals surface area contributed by atoms with Crippen LogP contribution in [0.25, 0.3) is 0 Å². The summed E-state index contributed by atoms with van der Waals surface area (Å²) in [5.41, 5.74) is -0.0900. The molecule has 1 aliphatic rings. The Kier molecular flexibility index (Phi) is 4.83. The van der Waals surface area contributed by atoms with Gasteiger partial charge in [-0.3, -0.25) is 4.79 Å². The Hall–Kier alpha value is -2.70. The first-order chi connectivity index (χ1) is 11.9. The van der Waals surface area contributed by atoms with Crippen molar-refractivity contribution in [2.24, 2.45) is 0 Å². The number of aryl methyl sites for hydroxylation is 1. The van der Waals surface area contributed by atoms with Crippen LogP contribution in [0.15, 0.2) is 42.5 Å². The van der Waals surface area contributed by atoms with Crippen molar-refractivity contribution in [1.29, 1.82) is 0 Å². The maximum absolute atomic E-state index is 13.0. The first-order valence-corrected chi connectivity index (χ1v) is 7.78. The molecule has 0 aromatic heterocycles. The zero-order valence-electron chi connectivity index (χ0n) is 13.2. The Morgan fingerprint density at radius 3 is 2.52 bits per heavy atom. The summed E-state index contributed by atoms with van der Waals surface area (Å²) in [6, 6.07) is 10.3. The zero-order chi connectivity index (χ0) is 17.9.